The van der Waals surface area contributed by atoms with Gasteiger partial charge in [-0.3, -0.25) is 9.89 Å². The number of amides is 1. The van der Waals surface area contributed by atoms with Crippen LogP contribution in [-0.4, -0.2) is 32.3 Å². The lowest BCUT2D eigenvalue weighted by molar-refractivity contribution is -0.116. The van der Waals surface area contributed by atoms with E-state index in [4.69, 9.17) is 0 Å². The number of nitrogens with zero attached hydrogens (tertiary/aromatic N) is 3. The molecule has 2 aromatic heterocycles. The Morgan fingerprint density at radius 3 is 2.71 bits per heavy atom. The summed E-state index contributed by atoms with van der Waals surface area (Å²) in [5, 5.41) is 11.5. The predicted octanol–water partition coefficient (Wildman–Crippen LogP) is 3.26. The third kappa shape index (κ3) is 3.56. The Kier molecular flexibility index (Phi) is 4.80. The van der Waals surface area contributed by atoms with Crippen LogP contribution in [0, 0.1) is 13.8 Å². The summed E-state index contributed by atoms with van der Waals surface area (Å²) in [6.45, 7) is 3.93. The Balaban J connectivity index is 1.65. The van der Waals surface area contributed by atoms with Crippen molar-refractivity contribution in [1.82, 2.24) is 20.2 Å². The number of aromatic nitrogens is 4. The number of thioether (sulfide) groups is 1. The van der Waals surface area contributed by atoms with E-state index in [-0.39, 0.29) is 5.91 Å². The Morgan fingerprint density at radius 2 is 2.00 bits per heavy atom. The summed E-state index contributed by atoms with van der Waals surface area (Å²) in [5.41, 5.74) is 4.66. The molecular weight excluding hydrogens is 322 g/mol. The summed E-state index contributed by atoms with van der Waals surface area (Å²) in [4.78, 5) is 21.1. The van der Waals surface area contributed by atoms with Crippen molar-refractivity contribution in [3.8, 4) is 0 Å². The van der Waals surface area contributed by atoms with E-state index in [0.29, 0.717) is 12.8 Å². The Labute approximate surface area is 144 Å². The van der Waals surface area contributed by atoms with Crippen LogP contribution in [-0.2, 0) is 11.2 Å². The van der Waals surface area contributed by atoms with E-state index < -0.39 is 0 Å². The van der Waals surface area contributed by atoms with Crippen LogP contribution in [0.25, 0.3) is 10.9 Å². The van der Waals surface area contributed by atoms with Crippen LogP contribution in [0.2, 0.25) is 0 Å². The van der Waals surface area contributed by atoms with Gasteiger partial charge in [0.05, 0.1) is 11.7 Å². The molecule has 7 heteroatoms. The first-order valence-corrected chi connectivity index (χ1v) is 8.90. The van der Waals surface area contributed by atoms with Crippen LogP contribution in [0.3, 0.4) is 0 Å². The zero-order chi connectivity index (χ0) is 17.1. The molecule has 1 aromatic carbocycles. The van der Waals surface area contributed by atoms with Crippen LogP contribution in [0.5, 0.6) is 0 Å². The molecule has 0 saturated carbocycles. The summed E-state index contributed by atoms with van der Waals surface area (Å²) in [6.07, 6.45) is 4.72. The number of benzene rings is 1. The van der Waals surface area contributed by atoms with Gasteiger partial charge < -0.3 is 5.32 Å². The fraction of sp³-hybridized carbons (Fsp3) is 0.294. The highest BCUT2D eigenvalue weighted by Gasteiger charge is 2.11. The SMILES string of the molecule is CSc1nc(C)c(CCC(=O)Nc2ccc3[nH]ncc3c2)c(C)n1. The summed E-state index contributed by atoms with van der Waals surface area (Å²) in [5.74, 6) is -0.0226. The molecule has 0 unspecified atom stereocenters. The lowest BCUT2D eigenvalue weighted by Gasteiger charge is -2.10. The van der Waals surface area contributed by atoms with Crippen LogP contribution in [0.4, 0.5) is 5.69 Å². The molecule has 6 nitrogen and oxygen atoms in total. The minimum atomic E-state index is -0.0226. The second-order valence-electron chi connectivity index (χ2n) is 5.58. The van der Waals surface area contributed by atoms with Gasteiger partial charge in [0.15, 0.2) is 5.16 Å². The Bertz CT molecular complexity index is 867. The van der Waals surface area contributed by atoms with Gasteiger partial charge in [0.1, 0.15) is 0 Å². The number of aromatic amines is 1. The number of rotatable bonds is 5. The molecule has 0 atom stereocenters. The molecule has 24 heavy (non-hydrogen) atoms. The molecule has 2 heterocycles. The summed E-state index contributed by atoms with van der Waals surface area (Å²) in [6, 6.07) is 5.68. The lowest BCUT2D eigenvalue weighted by atomic mass is 10.1. The van der Waals surface area contributed by atoms with Gasteiger partial charge in [-0.25, -0.2) is 9.97 Å². The van der Waals surface area contributed by atoms with Gasteiger partial charge in [-0.05, 0) is 50.3 Å². The monoisotopic (exact) mass is 341 g/mol. The quantitative estimate of drug-likeness (QED) is 0.550. The molecular formula is C17H19N5OS. The van der Waals surface area contributed by atoms with Gasteiger partial charge in [0.25, 0.3) is 0 Å². The molecule has 0 aliphatic rings. The van der Waals surface area contributed by atoms with Gasteiger partial charge in [0, 0.05) is 28.9 Å². The molecule has 0 fully saturated rings. The van der Waals surface area contributed by atoms with Crippen molar-refractivity contribution in [2.24, 2.45) is 0 Å². The minimum absolute atomic E-state index is 0.0226. The molecule has 1 amide bonds. The third-order valence-corrected chi connectivity index (χ3v) is 4.46. The van der Waals surface area contributed by atoms with Crippen molar-refractivity contribution < 1.29 is 4.79 Å². The fourth-order valence-electron chi connectivity index (χ4n) is 2.64. The highest BCUT2D eigenvalue weighted by atomic mass is 32.2. The molecule has 2 N–H and O–H groups in total. The first-order chi connectivity index (χ1) is 11.6. The molecule has 0 aliphatic carbocycles. The molecule has 0 bridgehead atoms. The van der Waals surface area contributed by atoms with E-state index in [1.165, 1.54) is 11.8 Å². The van der Waals surface area contributed by atoms with E-state index in [2.05, 4.69) is 25.5 Å². The Hall–Kier alpha value is -2.41. The zero-order valence-electron chi connectivity index (χ0n) is 13.9. The molecule has 0 radical (unpaired) electrons. The topological polar surface area (TPSA) is 83.6 Å². The van der Waals surface area contributed by atoms with Crippen molar-refractivity contribution in [1.29, 1.82) is 0 Å². The largest absolute Gasteiger partial charge is 0.326 e. The second-order valence-corrected chi connectivity index (χ2v) is 6.35. The summed E-state index contributed by atoms with van der Waals surface area (Å²) < 4.78 is 0. The Morgan fingerprint density at radius 1 is 1.25 bits per heavy atom. The molecule has 124 valence electrons. The zero-order valence-corrected chi connectivity index (χ0v) is 14.7. The standard InChI is InChI=1S/C17H19N5OS/c1-10-14(11(2)20-17(19-10)24-3)5-7-16(23)21-13-4-6-15-12(8-13)9-18-22-15/h4,6,8-9H,5,7H2,1-3H3,(H,18,22)(H,21,23). The average molecular weight is 341 g/mol. The van der Waals surface area contributed by atoms with Crippen LogP contribution in [0.15, 0.2) is 29.6 Å². The lowest BCUT2D eigenvalue weighted by Crippen LogP contribution is -2.13. The van der Waals surface area contributed by atoms with Gasteiger partial charge >= 0.3 is 0 Å². The van der Waals surface area contributed by atoms with Crippen LogP contribution < -0.4 is 5.32 Å². The summed E-state index contributed by atoms with van der Waals surface area (Å²) >= 11 is 1.52. The number of anilines is 1. The number of aryl methyl sites for hydroxylation is 2. The number of nitrogens with one attached hydrogen (secondary N) is 2. The van der Waals surface area contributed by atoms with Crippen LogP contribution in [0.1, 0.15) is 23.4 Å². The van der Waals surface area contributed by atoms with Crippen molar-refractivity contribution in [2.75, 3.05) is 11.6 Å². The van der Waals surface area contributed by atoms with Crippen molar-refractivity contribution in [3.63, 3.8) is 0 Å². The molecule has 0 aliphatic heterocycles. The maximum Gasteiger partial charge on any atom is 0.224 e. The molecule has 0 saturated heterocycles. The predicted molar refractivity (Wildman–Crippen MR) is 96.3 cm³/mol. The van der Waals surface area contributed by atoms with Gasteiger partial charge in [-0.1, -0.05) is 11.8 Å². The van der Waals surface area contributed by atoms with E-state index in [0.717, 1.165) is 38.7 Å². The smallest absolute Gasteiger partial charge is 0.224 e. The van der Waals surface area contributed by atoms with Crippen molar-refractivity contribution in [3.05, 3.63) is 41.3 Å². The number of hydrogen-bond acceptors (Lipinski definition) is 5. The molecule has 3 rings (SSSR count). The molecule has 3 aromatic rings. The fourth-order valence-corrected chi connectivity index (χ4v) is 3.10. The first-order valence-electron chi connectivity index (χ1n) is 7.68. The highest BCUT2D eigenvalue weighted by molar-refractivity contribution is 7.98. The van der Waals surface area contributed by atoms with Crippen molar-refractivity contribution in [2.45, 2.75) is 31.8 Å². The number of fused-ring (bicyclic) bond motifs is 1. The third-order valence-electron chi connectivity index (χ3n) is 3.91. The summed E-state index contributed by atoms with van der Waals surface area (Å²) in [7, 11) is 0. The van der Waals surface area contributed by atoms with Crippen LogP contribution >= 0.6 is 11.8 Å². The maximum absolute atomic E-state index is 12.2. The van der Waals surface area contributed by atoms with Gasteiger partial charge in [-0.15, -0.1) is 0 Å². The normalized spacial score (nSPS) is 11.0. The van der Waals surface area contributed by atoms with E-state index in [1.54, 1.807) is 6.20 Å². The number of carbonyl (C=O) groups excluding carboxylic acids is 1. The number of H-pyrrole nitrogens is 1. The van der Waals surface area contributed by atoms with E-state index in [9.17, 15) is 4.79 Å². The highest BCUT2D eigenvalue weighted by Crippen LogP contribution is 2.19. The first kappa shape index (κ1) is 16.4. The van der Waals surface area contributed by atoms with Gasteiger partial charge in [0.2, 0.25) is 5.91 Å². The number of hydrogen-bond donors (Lipinski definition) is 2. The second kappa shape index (κ2) is 7.00. The van der Waals surface area contributed by atoms with Crippen molar-refractivity contribution >= 4 is 34.3 Å². The number of carbonyl (C=O) groups is 1. The minimum Gasteiger partial charge on any atom is -0.326 e. The maximum atomic E-state index is 12.2. The van der Waals surface area contributed by atoms with E-state index in [1.807, 2.05) is 38.3 Å². The molecule has 0 spiro atoms. The van der Waals surface area contributed by atoms with E-state index >= 15 is 0 Å². The van der Waals surface area contributed by atoms with Gasteiger partial charge in [-0.2, -0.15) is 5.10 Å². The average Bonchev–Trinajstić information content (AvgIpc) is 3.01.